The molecule has 0 aliphatic carbocycles. The molecule has 1 aliphatic rings. The summed E-state index contributed by atoms with van der Waals surface area (Å²) < 4.78 is 0. The SMILES string of the molecule is CCC(=O)C(CCCCN)NCC1CC(C)SS1. The van der Waals surface area contributed by atoms with Crippen molar-refractivity contribution >= 4 is 27.4 Å². The van der Waals surface area contributed by atoms with Gasteiger partial charge in [0.15, 0.2) is 0 Å². The van der Waals surface area contributed by atoms with Gasteiger partial charge in [0, 0.05) is 23.5 Å². The van der Waals surface area contributed by atoms with Gasteiger partial charge >= 0.3 is 0 Å². The number of hydrogen-bond acceptors (Lipinski definition) is 5. The lowest BCUT2D eigenvalue weighted by Gasteiger charge is -2.19. The van der Waals surface area contributed by atoms with Crippen LogP contribution in [-0.4, -0.2) is 35.4 Å². The van der Waals surface area contributed by atoms with Crippen molar-refractivity contribution in [3.63, 3.8) is 0 Å². The Balaban J connectivity index is 2.28. The molecule has 1 heterocycles. The third-order valence-electron chi connectivity index (χ3n) is 3.23. The van der Waals surface area contributed by atoms with E-state index in [1.807, 2.05) is 28.5 Å². The quantitative estimate of drug-likeness (QED) is 0.505. The standard InChI is InChI=1S/C13H26N2OS2/c1-3-13(16)12(6-4-5-7-14)15-9-11-8-10(2)17-18-11/h10-12,15H,3-9,14H2,1-2H3. The molecule has 1 aliphatic heterocycles. The normalized spacial score (nSPS) is 25.3. The van der Waals surface area contributed by atoms with Crippen LogP contribution in [-0.2, 0) is 4.79 Å². The van der Waals surface area contributed by atoms with Crippen molar-refractivity contribution in [2.45, 2.75) is 62.5 Å². The van der Waals surface area contributed by atoms with Crippen LogP contribution in [0.4, 0.5) is 0 Å². The molecule has 1 saturated heterocycles. The molecule has 18 heavy (non-hydrogen) atoms. The Morgan fingerprint density at radius 3 is 2.78 bits per heavy atom. The van der Waals surface area contributed by atoms with Crippen molar-refractivity contribution in [3.05, 3.63) is 0 Å². The Hall–Kier alpha value is 0.290. The first kappa shape index (κ1) is 16.3. The largest absolute Gasteiger partial charge is 0.330 e. The monoisotopic (exact) mass is 290 g/mol. The number of carbonyl (C=O) groups is 1. The molecule has 0 aromatic carbocycles. The maximum Gasteiger partial charge on any atom is 0.149 e. The zero-order chi connectivity index (χ0) is 13.4. The molecular weight excluding hydrogens is 264 g/mol. The molecule has 5 heteroatoms. The molecule has 0 radical (unpaired) electrons. The Bertz CT molecular complexity index is 251. The third kappa shape index (κ3) is 5.95. The summed E-state index contributed by atoms with van der Waals surface area (Å²) in [6, 6.07) is 0.0445. The van der Waals surface area contributed by atoms with Gasteiger partial charge in [0.1, 0.15) is 5.78 Å². The Labute approximate surface area is 119 Å². The molecule has 1 fully saturated rings. The van der Waals surface area contributed by atoms with Gasteiger partial charge in [0.25, 0.3) is 0 Å². The van der Waals surface area contributed by atoms with Crippen molar-refractivity contribution in [2.24, 2.45) is 5.73 Å². The van der Waals surface area contributed by atoms with Crippen LogP contribution in [0.3, 0.4) is 0 Å². The van der Waals surface area contributed by atoms with Gasteiger partial charge in [0.05, 0.1) is 6.04 Å². The predicted molar refractivity (Wildman–Crippen MR) is 83.0 cm³/mol. The molecule has 0 aromatic heterocycles. The van der Waals surface area contributed by atoms with E-state index < -0.39 is 0 Å². The number of rotatable bonds is 9. The highest BCUT2D eigenvalue weighted by Gasteiger charge is 2.24. The number of hydrogen-bond donors (Lipinski definition) is 2. The van der Waals surface area contributed by atoms with E-state index in [1.54, 1.807) is 0 Å². The number of ketones is 1. The topological polar surface area (TPSA) is 55.1 Å². The van der Waals surface area contributed by atoms with E-state index in [0.29, 0.717) is 17.5 Å². The van der Waals surface area contributed by atoms with Gasteiger partial charge in [0.2, 0.25) is 0 Å². The van der Waals surface area contributed by atoms with Gasteiger partial charge in [-0.3, -0.25) is 4.79 Å². The fourth-order valence-electron chi connectivity index (χ4n) is 2.13. The summed E-state index contributed by atoms with van der Waals surface area (Å²) in [5, 5.41) is 4.88. The van der Waals surface area contributed by atoms with Crippen LogP contribution < -0.4 is 11.1 Å². The highest BCUT2D eigenvalue weighted by atomic mass is 33.1. The minimum atomic E-state index is 0.0445. The van der Waals surface area contributed by atoms with Crippen LogP contribution in [0.15, 0.2) is 0 Å². The number of nitrogens with two attached hydrogens (primary N) is 1. The molecule has 3 unspecified atom stereocenters. The molecule has 1 rings (SSSR count). The molecule has 106 valence electrons. The molecule has 0 amide bonds. The van der Waals surface area contributed by atoms with Crippen LogP contribution >= 0.6 is 21.6 Å². The molecule has 0 aromatic rings. The average molecular weight is 290 g/mol. The fraction of sp³-hybridized carbons (Fsp3) is 0.923. The lowest BCUT2D eigenvalue weighted by Crippen LogP contribution is -2.39. The van der Waals surface area contributed by atoms with Gasteiger partial charge in [-0.2, -0.15) is 0 Å². The van der Waals surface area contributed by atoms with Gasteiger partial charge in [-0.15, -0.1) is 0 Å². The lowest BCUT2D eigenvalue weighted by molar-refractivity contribution is -0.120. The van der Waals surface area contributed by atoms with Crippen molar-refractivity contribution in [1.29, 1.82) is 0 Å². The number of nitrogens with one attached hydrogen (secondary N) is 1. The van der Waals surface area contributed by atoms with E-state index in [1.165, 1.54) is 6.42 Å². The molecule has 0 bridgehead atoms. The van der Waals surface area contributed by atoms with Crippen LogP contribution in [0.5, 0.6) is 0 Å². The smallest absolute Gasteiger partial charge is 0.149 e. The summed E-state index contributed by atoms with van der Waals surface area (Å²) in [4.78, 5) is 11.9. The Morgan fingerprint density at radius 2 is 2.22 bits per heavy atom. The highest BCUT2D eigenvalue weighted by molar-refractivity contribution is 8.77. The molecule has 3 nitrogen and oxygen atoms in total. The number of carbonyl (C=O) groups excluding carboxylic acids is 1. The van der Waals surface area contributed by atoms with Crippen molar-refractivity contribution in [3.8, 4) is 0 Å². The molecule has 3 atom stereocenters. The summed E-state index contributed by atoms with van der Waals surface area (Å²) in [6.07, 6.45) is 4.87. The highest BCUT2D eigenvalue weighted by Crippen LogP contribution is 2.42. The molecule has 3 N–H and O–H groups in total. The second-order valence-corrected chi connectivity index (χ2v) is 7.94. The third-order valence-corrected chi connectivity index (χ3v) is 6.63. The molecule has 0 spiro atoms. The van der Waals surface area contributed by atoms with Crippen LogP contribution in [0.2, 0.25) is 0 Å². The Morgan fingerprint density at radius 1 is 1.44 bits per heavy atom. The van der Waals surface area contributed by atoms with Crippen molar-refractivity contribution in [2.75, 3.05) is 13.1 Å². The molecular formula is C13H26N2OS2. The van der Waals surface area contributed by atoms with Crippen LogP contribution in [0.1, 0.15) is 46.0 Å². The summed E-state index contributed by atoms with van der Waals surface area (Å²) in [5.41, 5.74) is 5.50. The predicted octanol–water partition coefficient (Wildman–Crippen LogP) is 2.59. The minimum absolute atomic E-state index is 0.0445. The van der Waals surface area contributed by atoms with E-state index in [9.17, 15) is 4.79 Å². The zero-order valence-corrected chi connectivity index (χ0v) is 13.1. The summed E-state index contributed by atoms with van der Waals surface area (Å²) >= 11 is 0. The first-order valence-electron chi connectivity index (χ1n) is 6.95. The number of unbranched alkanes of at least 4 members (excludes halogenated alkanes) is 1. The average Bonchev–Trinajstić information content (AvgIpc) is 2.78. The van der Waals surface area contributed by atoms with E-state index in [4.69, 9.17) is 5.73 Å². The first-order valence-corrected chi connectivity index (χ1v) is 9.23. The fourth-order valence-corrected chi connectivity index (χ4v) is 5.16. The van der Waals surface area contributed by atoms with Crippen molar-refractivity contribution in [1.82, 2.24) is 5.32 Å². The molecule has 0 saturated carbocycles. The van der Waals surface area contributed by atoms with Crippen LogP contribution in [0.25, 0.3) is 0 Å². The maximum absolute atomic E-state index is 11.9. The van der Waals surface area contributed by atoms with Gasteiger partial charge < -0.3 is 11.1 Å². The Kier molecular flexibility index (Phi) is 8.39. The summed E-state index contributed by atoms with van der Waals surface area (Å²) in [6.45, 7) is 5.90. The van der Waals surface area contributed by atoms with E-state index in [2.05, 4.69) is 12.2 Å². The second-order valence-electron chi connectivity index (χ2n) is 4.93. The minimum Gasteiger partial charge on any atom is -0.330 e. The van der Waals surface area contributed by atoms with E-state index in [-0.39, 0.29) is 6.04 Å². The number of Topliss-reactive ketones (excluding diaryl/α,β-unsaturated/α-hetero) is 1. The van der Waals surface area contributed by atoms with Gasteiger partial charge in [-0.1, -0.05) is 41.9 Å². The maximum atomic E-state index is 11.9. The van der Waals surface area contributed by atoms with E-state index >= 15 is 0 Å². The van der Waals surface area contributed by atoms with Crippen LogP contribution in [0, 0.1) is 0 Å². The van der Waals surface area contributed by atoms with Gasteiger partial charge in [-0.25, -0.2) is 0 Å². The lowest BCUT2D eigenvalue weighted by atomic mass is 10.0. The van der Waals surface area contributed by atoms with E-state index in [0.717, 1.165) is 37.6 Å². The summed E-state index contributed by atoms with van der Waals surface area (Å²) in [5.74, 6) is 0.343. The zero-order valence-electron chi connectivity index (χ0n) is 11.5. The second kappa shape index (κ2) is 9.23. The van der Waals surface area contributed by atoms with Crippen molar-refractivity contribution < 1.29 is 4.79 Å². The summed E-state index contributed by atoms with van der Waals surface area (Å²) in [7, 11) is 3.93. The van der Waals surface area contributed by atoms with Gasteiger partial charge in [-0.05, 0) is 25.8 Å². The first-order chi connectivity index (χ1) is 8.67.